The largest absolute Gasteiger partial charge is 0.484 e. The molecule has 0 fully saturated rings. The molecule has 12 heteroatoms. The van der Waals surface area contributed by atoms with Crippen LogP contribution in [0.1, 0.15) is 50.3 Å². The van der Waals surface area contributed by atoms with Crippen molar-refractivity contribution in [2.24, 2.45) is 5.92 Å². The minimum absolute atomic E-state index is 0.0570. The fraction of sp³-hybridized carbons (Fsp3) is 0.353. The molecule has 0 aromatic heterocycles. The van der Waals surface area contributed by atoms with Crippen LogP contribution in [0.5, 0.6) is 17.2 Å². The van der Waals surface area contributed by atoms with E-state index in [1.807, 2.05) is 38.1 Å². The molecular weight excluding hydrogens is 592 g/mol. The Hall–Kier alpha value is -5.26. The summed E-state index contributed by atoms with van der Waals surface area (Å²) < 4.78 is 16.4. The summed E-state index contributed by atoms with van der Waals surface area (Å²) in [5.74, 6) is -0.649. The zero-order valence-corrected chi connectivity index (χ0v) is 25.8. The number of carbonyl (C=O) groups excluding carboxylic acids is 3. The Morgan fingerprint density at radius 2 is 1.72 bits per heavy atom. The number of carbonyl (C=O) groups is 4. The van der Waals surface area contributed by atoms with Crippen LogP contribution in [0.4, 0.5) is 16.2 Å². The first-order valence-electron chi connectivity index (χ1n) is 15.3. The molecule has 4 amide bonds. The Morgan fingerprint density at radius 1 is 0.957 bits per heavy atom. The van der Waals surface area contributed by atoms with Gasteiger partial charge in [-0.2, -0.15) is 0 Å². The lowest BCUT2D eigenvalue weighted by Crippen LogP contribution is -2.49. The number of urea groups is 1. The highest BCUT2D eigenvalue weighted by molar-refractivity contribution is 6.02. The van der Waals surface area contributed by atoms with Gasteiger partial charge < -0.3 is 35.3 Å². The summed E-state index contributed by atoms with van der Waals surface area (Å²) >= 11 is 0. The van der Waals surface area contributed by atoms with Gasteiger partial charge in [0.15, 0.2) is 18.1 Å². The summed E-state index contributed by atoms with van der Waals surface area (Å²) in [6, 6.07) is 17.5. The molecule has 0 spiro atoms. The van der Waals surface area contributed by atoms with Crippen LogP contribution in [0.2, 0.25) is 0 Å². The number of benzene rings is 3. The van der Waals surface area contributed by atoms with Gasteiger partial charge in [0.1, 0.15) is 11.8 Å². The summed E-state index contributed by atoms with van der Waals surface area (Å²) in [4.78, 5) is 52.5. The first kappa shape index (κ1) is 32.1. The number of nitrogens with one attached hydrogen (secondary N) is 3. The predicted octanol–water partition coefficient (Wildman–Crippen LogP) is 4.64. The van der Waals surface area contributed by atoms with Crippen LogP contribution in [0.15, 0.2) is 66.7 Å². The van der Waals surface area contributed by atoms with Crippen molar-refractivity contribution in [3.63, 3.8) is 0 Å². The molecule has 12 nitrogen and oxygen atoms in total. The number of carboxylic acids is 1. The maximum atomic E-state index is 13.3. The molecule has 0 radical (unpaired) electrons. The molecule has 46 heavy (non-hydrogen) atoms. The SMILES string of the molecule is CC(C)CC(NC(=O)COc1ccc(NC(=O)N2CCCc3ccccc32)cc1)C(=O)NC(CC(=O)O)c1ccc2c(c1)OCO2. The Bertz CT molecular complexity index is 1580. The number of ether oxygens (including phenoxy) is 3. The van der Waals surface area contributed by atoms with Gasteiger partial charge in [0.2, 0.25) is 12.7 Å². The molecular formula is C34H38N4O8. The summed E-state index contributed by atoms with van der Waals surface area (Å²) in [5.41, 5.74) is 3.17. The van der Waals surface area contributed by atoms with Gasteiger partial charge in [0, 0.05) is 17.9 Å². The number of fused-ring (bicyclic) bond motifs is 2. The Morgan fingerprint density at radius 3 is 2.48 bits per heavy atom. The molecule has 2 aliphatic rings. The fourth-order valence-corrected chi connectivity index (χ4v) is 5.49. The molecule has 0 saturated carbocycles. The lowest BCUT2D eigenvalue weighted by molar-refractivity contribution is -0.138. The number of amides is 4. The minimum atomic E-state index is -1.09. The monoisotopic (exact) mass is 630 g/mol. The highest BCUT2D eigenvalue weighted by Gasteiger charge is 2.28. The van der Waals surface area contributed by atoms with Crippen molar-refractivity contribution in [1.82, 2.24) is 10.6 Å². The Labute approximate surface area is 267 Å². The predicted molar refractivity (Wildman–Crippen MR) is 170 cm³/mol. The molecule has 2 atom stereocenters. The van der Waals surface area contributed by atoms with Crippen LogP contribution in [-0.2, 0) is 20.8 Å². The van der Waals surface area contributed by atoms with Gasteiger partial charge in [-0.05, 0) is 78.8 Å². The van der Waals surface area contributed by atoms with Crippen molar-refractivity contribution in [1.29, 1.82) is 0 Å². The summed E-state index contributed by atoms with van der Waals surface area (Å²) in [7, 11) is 0. The first-order chi connectivity index (χ1) is 22.2. The third-order valence-corrected chi connectivity index (χ3v) is 7.68. The lowest BCUT2D eigenvalue weighted by Gasteiger charge is -2.29. The van der Waals surface area contributed by atoms with Crippen molar-refractivity contribution in [3.8, 4) is 17.2 Å². The molecule has 2 heterocycles. The van der Waals surface area contributed by atoms with E-state index in [0.29, 0.717) is 41.5 Å². The van der Waals surface area contributed by atoms with E-state index in [9.17, 15) is 24.3 Å². The van der Waals surface area contributed by atoms with E-state index in [0.717, 1.165) is 24.1 Å². The maximum Gasteiger partial charge on any atom is 0.326 e. The highest BCUT2D eigenvalue weighted by Crippen LogP contribution is 2.35. The van der Waals surface area contributed by atoms with E-state index in [1.165, 1.54) is 0 Å². The van der Waals surface area contributed by atoms with Crippen LogP contribution in [0.25, 0.3) is 0 Å². The molecule has 5 rings (SSSR count). The third-order valence-electron chi connectivity index (χ3n) is 7.68. The van der Waals surface area contributed by atoms with Crippen molar-refractivity contribution in [2.45, 2.75) is 51.6 Å². The molecule has 242 valence electrons. The molecule has 3 aromatic carbocycles. The maximum absolute atomic E-state index is 13.3. The number of rotatable bonds is 12. The summed E-state index contributed by atoms with van der Waals surface area (Å²) in [6.07, 6.45) is 1.80. The minimum Gasteiger partial charge on any atom is -0.484 e. The zero-order valence-electron chi connectivity index (χ0n) is 25.8. The normalized spacial score (nSPS) is 14.5. The number of carboxylic acid groups (broad SMARTS) is 1. The van der Waals surface area contributed by atoms with Gasteiger partial charge in [-0.1, -0.05) is 38.1 Å². The van der Waals surface area contributed by atoms with Crippen LogP contribution in [0, 0.1) is 5.92 Å². The van der Waals surface area contributed by atoms with Crippen molar-refractivity contribution in [3.05, 3.63) is 77.9 Å². The quantitative estimate of drug-likeness (QED) is 0.226. The second kappa shape index (κ2) is 14.7. The molecule has 4 N–H and O–H groups in total. The van der Waals surface area contributed by atoms with Gasteiger partial charge in [-0.3, -0.25) is 19.3 Å². The van der Waals surface area contributed by atoms with Gasteiger partial charge in [-0.25, -0.2) is 4.79 Å². The molecule has 0 saturated heterocycles. The lowest BCUT2D eigenvalue weighted by atomic mass is 10.00. The highest BCUT2D eigenvalue weighted by atomic mass is 16.7. The average Bonchev–Trinajstić information content (AvgIpc) is 3.51. The molecule has 2 unspecified atom stereocenters. The van der Waals surface area contributed by atoms with E-state index < -0.39 is 29.9 Å². The molecule has 0 bridgehead atoms. The van der Waals surface area contributed by atoms with E-state index in [4.69, 9.17) is 14.2 Å². The van der Waals surface area contributed by atoms with E-state index in [2.05, 4.69) is 16.0 Å². The van der Waals surface area contributed by atoms with Gasteiger partial charge in [0.25, 0.3) is 5.91 Å². The van der Waals surface area contributed by atoms with Gasteiger partial charge >= 0.3 is 12.0 Å². The third kappa shape index (κ3) is 8.26. The van der Waals surface area contributed by atoms with Crippen LogP contribution in [0.3, 0.4) is 0 Å². The number of hydrogen-bond acceptors (Lipinski definition) is 7. The topological polar surface area (TPSA) is 156 Å². The number of para-hydroxylation sites is 1. The van der Waals surface area contributed by atoms with Crippen LogP contribution < -0.4 is 35.1 Å². The second-order valence-corrected chi connectivity index (χ2v) is 11.6. The molecule has 3 aromatic rings. The Balaban J connectivity index is 1.15. The van der Waals surface area contributed by atoms with E-state index in [-0.39, 0.29) is 31.8 Å². The van der Waals surface area contributed by atoms with Gasteiger partial charge in [-0.15, -0.1) is 0 Å². The fourth-order valence-electron chi connectivity index (χ4n) is 5.49. The zero-order chi connectivity index (χ0) is 32.6. The van der Waals surface area contributed by atoms with Gasteiger partial charge in [0.05, 0.1) is 12.5 Å². The molecule has 2 aliphatic heterocycles. The van der Waals surface area contributed by atoms with Crippen molar-refractivity contribution in [2.75, 3.05) is 30.2 Å². The summed E-state index contributed by atoms with van der Waals surface area (Å²) in [6.45, 7) is 4.18. The standard InChI is InChI=1S/C34H38N4O8/c1-21(2)16-27(33(42)37-26(18-32(40)41)23-9-14-29-30(17-23)46-20-45-29)36-31(39)19-44-25-12-10-24(11-13-25)35-34(43)38-15-5-7-22-6-3-4-8-28(22)38/h3-4,6,8-14,17,21,26-27H,5,7,15-16,18-20H2,1-2H3,(H,35,43)(H,36,39)(H,37,42)(H,40,41). The van der Waals surface area contributed by atoms with Crippen molar-refractivity contribution < 1.29 is 38.5 Å². The van der Waals surface area contributed by atoms with E-state index >= 15 is 0 Å². The average molecular weight is 631 g/mol. The van der Waals surface area contributed by atoms with Crippen molar-refractivity contribution >= 4 is 35.2 Å². The van der Waals surface area contributed by atoms with Crippen LogP contribution in [-0.4, -0.2) is 54.9 Å². The smallest absolute Gasteiger partial charge is 0.326 e. The Kier molecular flexibility index (Phi) is 10.3. The van der Waals surface area contributed by atoms with Crippen LogP contribution >= 0.6 is 0 Å². The number of anilines is 2. The molecule has 0 aliphatic carbocycles. The number of aryl methyl sites for hydroxylation is 1. The summed E-state index contributed by atoms with van der Waals surface area (Å²) in [5, 5.41) is 17.9. The number of nitrogens with zero attached hydrogens (tertiary/aromatic N) is 1. The number of hydrogen-bond donors (Lipinski definition) is 4. The number of aliphatic carboxylic acids is 1. The second-order valence-electron chi connectivity index (χ2n) is 11.6. The van der Waals surface area contributed by atoms with E-state index in [1.54, 1.807) is 47.4 Å². The first-order valence-corrected chi connectivity index (χ1v) is 15.3.